The van der Waals surface area contributed by atoms with Crippen molar-refractivity contribution in [1.82, 2.24) is 5.32 Å². The highest BCUT2D eigenvalue weighted by Crippen LogP contribution is 2.39. The second-order valence-electron chi connectivity index (χ2n) is 6.85. The van der Waals surface area contributed by atoms with Gasteiger partial charge in [0.15, 0.2) is 0 Å². The maximum absolute atomic E-state index is 12.8. The van der Waals surface area contributed by atoms with Gasteiger partial charge in [-0.1, -0.05) is 12.1 Å². The molecule has 0 aromatic heterocycles. The molecule has 1 aromatic rings. The molecule has 1 atom stereocenters. The molecule has 1 aromatic carbocycles. The molecule has 0 saturated heterocycles. The zero-order chi connectivity index (χ0) is 21.7. The number of nitrogens with zero attached hydrogens (tertiary/aromatic N) is 1. The van der Waals surface area contributed by atoms with Gasteiger partial charge in [-0.3, -0.25) is 10.1 Å². The van der Waals surface area contributed by atoms with Crippen molar-refractivity contribution in [2.75, 3.05) is 13.2 Å². The van der Waals surface area contributed by atoms with Crippen LogP contribution in [0, 0.1) is 10.1 Å². The van der Waals surface area contributed by atoms with E-state index in [0.29, 0.717) is 17.0 Å². The number of carbonyl (C=O) groups excluding carboxylic acids is 1. The predicted molar refractivity (Wildman–Crippen MR) is 104 cm³/mol. The Bertz CT molecular complexity index is 887. The molecule has 0 amide bonds. The molecule has 1 heterocycles. The van der Waals surface area contributed by atoms with Crippen molar-refractivity contribution in [2.45, 2.75) is 39.7 Å². The second kappa shape index (κ2) is 9.33. The number of hydrogen-bond donors (Lipinski definition) is 2. The molecule has 0 aliphatic carbocycles. The van der Waals surface area contributed by atoms with Gasteiger partial charge in [-0.2, -0.15) is 0 Å². The Morgan fingerprint density at radius 3 is 2.45 bits per heavy atom. The van der Waals surface area contributed by atoms with Crippen LogP contribution in [0.1, 0.15) is 39.2 Å². The molecule has 1 unspecified atom stereocenters. The van der Waals surface area contributed by atoms with E-state index >= 15 is 0 Å². The van der Waals surface area contributed by atoms with Crippen LogP contribution in [-0.2, 0) is 19.1 Å². The molecule has 29 heavy (non-hydrogen) atoms. The van der Waals surface area contributed by atoms with Crippen molar-refractivity contribution in [2.24, 2.45) is 0 Å². The lowest BCUT2D eigenvalue weighted by Gasteiger charge is -2.29. The largest absolute Gasteiger partial charge is 0.478 e. The SMILES string of the molecule is CC1=C(C(=O)O)C(c2cccc([N+](=O)[O-])c2)C(C(=O)OCCOC(C)C)=C(C)N1. The topological polar surface area (TPSA) is 128 Å². The van der Waals surface area contributed by atoms with Crippen molar-refractivity contribution < 1.29 is 29.1 Å². The lowest BCUT2D eigenvalue weighted by atomic mass is 9.80. The molecule has 0 spiro atoms. The highest BCUT2D eigenvalue weighted by Gasteiger charge is 2.37. The van der Waals surface area contributed by atoms with Gasteiger partial charge >= 0.3 is 11.9 Å². The van der Waals surface area contributed by atoms with Gasteiger partial charge in [0.2, 0.25) is 0 Å². The number of ether oxygens (including phenoxy) is 2. The molecule has 2 N–H and O–H groups in total. The molecular formula is C20H24N2O7. The number of carbonyl (C=O) groups is 2. The Morgan fingerprint density at radius 2 is 1.86 bits per heavy atom. The number of carboxylic acids is 1. The van der Waals surface area contributed by atoms with Crippen molar-refractivity contribution in [1.29, 1.82) is 0 Å². The fourth-order valence-electron chi connectivity index (χ4n) is 3.20. The number of carboxylic acid groups (broad SMARTS) is 1. The van der Waals surface area contributed by atoms with E-state index in [0.717, 1.165) is 0 Å². The number of hydrogen-bond acceptors (Lipinski definition) is 7. The molecule has 2 rings (SSSR count). The van der Waals surface area contributed by atoms with E-state index in [1.54, 1.807) is 19.9 Å². The third-order valence-corrected chi connectivity index (χ3v) is 4.39. The van der Waals surface area contributed by atoms with Crippen LogP contribution in [0.15, 0.2) is 46.8 Å². The van der Waals surface area contributed by atoms with Crippen molar-refractivity contribution in [3.63, 3.8) is 0 Å². The van der Waals surface area contributed by atoms with Gasteiger partial charge in [0, 0.05) is 23.5 Å². The van der Waals surface area contributed by atoms with Gasteiger partial charge in [-0.15, -0.1) is 0 Å². The first-order valence-electron chi connectivity index (χ1n) is 9.08. The highest BCUT2D eigenvalue weighted by molar-refractivity contribution is 5.99. The monoisotopic (exact) mass is 404 g/mol. The first-order chi connectivity index (χ1) is 13.6. The van der Waals surface area contributed by atoms with E-state index in [-0.39, 0.29) is 36.2 Å². The number of dihydropyridines is 1. The van der Waals surface area contributed by atoms with Crippen LogP contribution in [0.4, 0.5) is 5.69 Å². The van der Waals surface area contributed by atoms with Crippen molar-refractivity contribution >= 4 is 17.6 Å². The average Bonchev–Trinajstić information content (AvgIpc) is 2.64. The van der Waals surface area contributed by atoms with Gasteiger partial charge in [0.1, 0.15) is 6.61 Å². The van der Waals surface area contributed by atoms with Gasteiger partial charge < -0.3 is 19.9 Å². The fraction of sp³-hybridized carbons (Fsp3) is 0.400. The minimum absolute atomic E-state index is 0.000548. The van der Waals surface area contributed by atoms with E-state index in [1.165, 1.54) is 18.2 Å². The lowest BCUT2D eigenvalue weighted by molar-refractivity contribution is -0.384. The number of nitro benzene ring substituents is 1. The smallest absolute Gasteiger partial charge is 0.336 e. The summed E-state index contributed by atoms with van der Waals surface area (Å²) in [6, 6.07) is 5.59. The average molecular weight is 404 g/mol. The summed E-state index contributed by atoms with van der Waals surface area (Å²) < 4.78 is 10.6. The van der Waals surface area contributed by atoms with Crippen LogP contribution in [0.5, 0.6) is 0 Å². The molecule has 1 aliphatic rings. The second-order valence-corrected chi connectivity index (χ2v) is 6.85. The van der Waals surface area contributed by atoms with E-state index in [9.17, 15) is 24.8 Å². The molecule has 0 fully saturated rings. The highest BCUT2D eigenvalue weighted by atomic mass is 16.6. The Morgan fingerprint density at radius 1 is 1.21 bits per heavy atom. The summed E-state index contributed by atoms with van der Waals surface area (Å²) in [4.78, 5) is 35.4. The fourth-order valence-corrected chi connectivity index (χ4v) is 3.20. The zero-order valence-electron chi connectivity index (χ0n) is 16.7. The maximum Gasteiger partial charge on any atom is 0.336 e. The zero-order valence-corrected chi connectivity index (χ0v) is 16.7. The summed E-state index contributed by atoms with van der Waals surface area (Å²) in [5.41, 5.74) is 0.936. The first kappa shape index (κ1) is 22.1. The molecule has 0 radical (unpaired) electrons. The minimum Gasteiger partial charge on any atom is -0.478 e. The normalized spacial score (nSPS) is 16.7. The molecule has 9 nitrogen and oxygen atoms in total. The number of benzene rings is 1. The number of aliphatic carboxylic acids is 1. The predicted octanol–water partition coefficient (Wildman–Crippen LogP) is 2.88. The number of allylic oxidation sites excluding steroid dienone is 2. The number of non-ortho nitro benzene ring substituents is 1. The Balaban J connectivity index is 2.45. The van der Waals surface area contributed by atoms with Gasteiger partial charge in [-0.25, -0.2) is 9.59 Å². The first-order valence-corrected chi connectivity index (χ1v) is 9.08. The lowest BCUT2D eigenvalue weighted by Crippen LogP contribution is -2.32. The summed E-state index contributed by atoms with van der Waals surface area (Å²) >= 11 is 0. The summed E-state index contributed by atoms with van der Waals surface area (Å²) in [5.74, 6) is -2.94. The summed E-state index contributed by atoms with van der Waals surface area (Å²) in [6.45, 7) is 7.12. The number of esters is 1. The minimum atomic E-state index is -1.23. The Kier molecular flexibility index (Phi) is 7.11. The number of nitro groups is 1. The maximum atomic E-state index is 12.8. The third kappa shape index (κ3) is 5.20. The summed E-state index contributed by atoms with van der Waals surface area (Å²) in [5, 5.41) is 23.8. The van der Waals surface area contributed by atoms with Crippen molar-refractivity contribution in [3.05, 3.63) is 62.5 Å². The van der Waals surface area contributed by atoms with Crippen LogP contribution in [0.3, 0.4) is 0 Å². The molecule has 0 saturated carbocycles. The van der Waals surface area contributed by atoms with E-state index in [1.807, 2.05) is 13.8 Å². The molecule has 156 valence electrons. The van der Waals surface area contributed by atoms with Gasteiger partial charge in [0.25, 0.3) is 5.69 Å². The Labute approximate surface area is 168 Å². The van der Waals surface area contributed by atoms with E-state index in [4.69, 9.17) is 9.47 Å². The van der Waals surface area contributed by atoms with E-state index < -0.39 is 22.8 Å². The van der Waals surface area contributed by atoms with Gasteiger partial charge in [-0.05, 0) is 33.3 Å². The van der Waals surface area contributed by atoms with Crippen LogP contribution < -0.4 is 5.32 Å². The Hall–Kier alpha value is -3.20. The van der Waals surface area contributed by atoms with Crippen LogP contribution in [0.2, 0.25) is 0 Å². The van der Waals surface area contributed by atoms with Gasteiger partial charge in [0.05, 0.1) is 34.7 Å². The summed E-state index contributed by atoms with van der Waals surface area (Å²) in [6.07, 6.45) is -0.0205. The molecule has 1 aliphatic heterocycles. The van der Waals surface area contributed by atoms with Crippen molar-refractivity contribution in [3.8, 4) is 0 Å². The number of rotatable bonds is 8. The standard InChI is InChI=1S/C20H24N2O7/c1-11(2)28-8-9-29-20(25)17-13(4)21-12(3)16(19(23)24)18(17)14-6-5-7-15(10-14)22(26)27/h5-7,10-11,18,21H,8-9H2,1-4H3,(H,23,24). The van der Waals surface area contributed by atoms with E-state index in [2.05, 4.69) is 5.32 Å². The molecule has 9 heteroatoms. The van der Waals surface area contributed by atoms with Crippen LogP contribution in [0.25, 0.3) is 0 Å². The molecule has 0 bridgehead atoms. The quantitative estimate of drug-likeness (QED) is 0.293. The van der Waals surface area contributed by atoms with Crippen LogP contribution >= 0.6 is 0 Å². The summed E-state index contributed by atoms with van der Waals surface area (Å²) in [7, 11) is 0. The molecular weight excluding hydrogens is 380 g/mol. The third-order valence-electron chi connectivity index (χ3n) is 4.39. The number of nitrogens with one attached hydrogen (secondary N) is 1. The van der Waals surface area contributed by atoms with Crippen LogP contribution in [-0.4, -0.2) is 41.3 Å².